The number of nitrogens with zero attached hydrogens (tertiary/aromatic N) is 1. The molecule has 1 aliphatic rings. The van der Waals surface area contributed by atoms with E-state index in [1.54, 1.807) is 0 Å². The molecule has 1 unspecified atom stereocenters. The van der Waals surface area contributed by atoms with Crippen LogP contribution in [0.1, 0.15) is 35.8 Å². The standard InChI is InChI=1S/C15H16BrClN2/c1-9-7-11-13(18)3-2-4-14(11)19(9)15-6-5-10(17)8-12(15)16/h5-8,13H,2-4,18H2,1H3. The Morgan fingerprint density at radius 1 is 1.37 bits per heavy atom. The molecule has 4 heteroatoms. The van der Waals surface area contributed by atoms with Gasteiger partial charge in [-0.3, -0.25) is 0 Å². The van der Waals surface area contributed by atoms with Gasteiger partial charge < -0.3 is 10.3 Å². The lowest BCUT2D eigenvalue weighted by atomic mass is 9.93. The van der Waals surface area contributed by atoms with E-state index in [1.165, 1.54) is 17.0 Å². The van der Waals surface area contributed by atoms with Gasteiger partial charge in [0.2, 0.25) is 0 Å². The molecule has 19 heavy (non-hydrogen) atoms. The Bertz CT molecular complexity index is 633. The molecule has 1 atom stereocenters. The Morgan fingerprint density at radius 3 is 2.89 bits per heavy atom. The van der Waals surface area contributed by atoms with E-state index in [2.05, 4.69) is 39.6 Å². The topological polar surface area (TPSA) is 30.9 Å². The van der Waals surface area contributed by atoms with Crippen LogP contribution in [0.2, 0.25) is 5.02 Å². The number of fused-ring (bicyclic) bond motifs is 1. The summed E-state index contributed by atoms with van der Waals surface area (Å²) in [4.78, 5) is 0. The maximum Gasteiger partial charge on any atom is 0.0598 e. The van der Waals surface area contributed by atoms with Gasteiger partial charge in [0, 0.05) is 26.9 Å². The summed E-state index contributed by atoms with van der Waals surface area (Å²) in [6.45, 7) is 2.13. The summed E-state index contributed by atoms with van der Waals surface area (Å²) in [5.74, 6) is 0. The van der Waals surface area contributed by atoms with Gasteiger partial charge in [0.05, 0.1) is 5.69 Å². The maximum absolute atomic E-state index is 6.22. The fourth-order valence-electron chi connectivity index (χ4n) is 2.93. The second-order valence-electron chi connectivity index (χ2n) is 5.12. The third-order valence-electron chi connectivity index (χ3n) is 3.80. The van der Waals surface area contributed by atoms with Gasteiger partial charge in [-0.2, -0.15) is 0 Å². The van der Waals surface area contributed by atoms with Gasteiger partial charge in [-0.05, 0) is 71.9 Å². The van der Waals surface area contributed by atoms with Crippen LogP contribution in [0.5, 0.6) is 0 Å². The first-order valence-corrected chi connectivity index (χ1v) is 7.67. The van der Waals surface area contributed by atoms with Crippen molar-refractivity contribution >= 4 is 27.5 Å². The number of benzene rings is 1. The highest BCUT2D eigenvalue weighted by molar-refractivity contribution is 9.10. The summed E-state index contributed by atoms with van der Waals surface area (Å²) in [5, 5.41) is 0.742. The molecular weight excluding hydrogens is 324 g/mol. The molecular formula is C15H16BrClN2. The number of rotatable bonds is 1. The van der Waals surface area contributed by atoms with Crippen molar-refractivity contribution in [3.05, 3.63) is 50.7 Å². The summed E-state index contributed by atoms with van der Waals surface area (Å²) in [5.41, 5.74) is 11.2. The van der Waals surface area contributed by atoms with Gasteiger partial charge in [0.15, 0.2) is 0 Å². The van der Waals surface area contributed by atoms with Crippen LogP contribution >= 0.6 is 27.5 Å². The van der Waals surface area contributed by atoms with Crippen molar-refractivity contribution < 1.29 is 0 Å². The lowest BCUT2D eigenvalue weighted by molar-refractivity contribution is 0.560. The average molecular weight is 340 g/mol. The second-order valence-corrected chi connectivity index (χ2v) is 6.41. The van der Waals surface area contributed by atoms with Gasteiger partial charge in [-0.15, -0.1) is 0 Å². The van der Waals surface area contributed by atoms with Gasteiger partial charge in [-0.25, -0.2) is 0 Å². The Kier molecular flexibility index (Phi) is 3.46. The molecule has 0 radical (unpaired) electrons. The van der Waals surface area contributed by atoms with Crippen molar-refractivity contribution in [2.24, 2.45) is 5.73 Å². The van der Waals surface area contributed by atoms with Gasteiger partial charge in [0.25, 0.3) is 0 Å². The summed E-state index contributed by atoms with van der Waals surface area (Å²) >= 11 is 9.63. The fourth-order valence-corrected chi connectivity index (χ4v) is 3.79. The number of aromatic nitrogens is 1. The van der Waals surface area contributed by atoms with Crippen LogP contribution in [0.4, 0.5) is 0 Å². The lowest BCUT2D eigenvalue weighted by Crippen LogP contribution is -2.18. The molecule has 2 N–H and O–H groups in total. The van der Waals surface area contributed by atoms with Gasteiger partial charge >= 0.3 is 0 Å². The molecule has 100 valence electrons. The van der Waals surface area contributed by atoms with Gasteiger partial charge in [0.1, 0.15) is 0 Å². The molecule has 2 nitrogen and oxygen atoms in total. The van der Waals surface area contributed by atoms with Crippen LogP contribution in [-0.2, 0) is 6.42 Å². The van der Waals surface area contributed by atoms with Crippen LogP contribution in [0.25, 0.3) is 5.69 Å². The predicted molar refractivity (Wildman–Crippen MR) is 83.1 cm³/mol. The summed E-state index contributed by atoms with van der Waals surface area (Å²) in [6, 6.07) is 8.32. The highest BCUT2D eigenvalue weighted by Crippen LogP contribution is 2.35. The largest absolute Gasteiger partial charge is 0.324 e. The Labute approximate surface area is 126 Å². The van der Waals surface area contributed by atoms with E-state index in [0.29, 0.717) is 0 Å². The molecule has 2 aromatic rings. The normalized spacial score (nSPS) is 18.4. The minimum atomic E-state index is 0.176. The molecule has 0 aliphatic heterocycles. The van der Waals surface area contributed by atoms with Crippen LogP contribution in [-0.4, -0.2) is 4.57 Å². The number of halogens is 2. The molecule has 3 rings (SSSR count). The molecule has 1 heterocycles. The monoisotopic (exact) mass is 338 g/mol. The van der Waals surface area contributed by atoms with Crippen LogP contribution < -0.4 is 5.73 Å². The molecule has 0 saturated carbocycles. The third kappa shape index (κ3) is 2.24. The molecule has 1 aliphatic carbocycles. The van der Waals surface area contributed by atoms with Crippen molar-refractivity contribution in [3.8, 4) is 5.69 Å². The minimum Gasteiger partial charge on any atom is -0.324 e. The fraction of sp³-hybridized carbons (Fsp3) is 0.333. The van der Waals surface area contributed by atoms with Gasteiger partial charge in [-0.1, -0.05) is 11.6 Å². The van der Waals surface area contributed by atoms with E-state index in [4.69, 9.17) is 17.3 Å². The van der Waals surface area contributed by atoms with E-state index >= 15 is 0 Å². The SMILES string of the molecule is Cc1cc2c(n1-c1ccc(Cl)cc1Br)CCCC2N. The van der Waals surface area contributed by atoms with E-state index < -0.39 is 0 Å². The maximum atomic E-state index is 6.22. The first-order chi connectivity index (χ1) is 9.08. The smallest absolute Gasteiger partial charge is 0.0598 e. The molecule has 0 spiro atoms. The van der Waals surface area contributed by atoms with Crippen LogP contribution in [0.3, 0.4) is 0 Å². The summed E-state index contributed by atoms with van der Waals surface area (Å²) in [7, 11) is 0. The van der Waals surface area contributed by atoms with E-state index in [1.807, 2.05) is 12.1 Å². The number of aryl methyl sites for hydroxylation is 1. The highest BCUT2D eigenvalue weighted by Gasteiger charge is 2.23. The van der Waals surface area contributed by atoms with Crippen molar-refractivity contribution in [1.29, 1.82) is 0 Å². The summed E-state index contributed by atoms with van der Waals surface area (Å²) in [6.07, 6.45) is 3.33. The molecule has 0 bridgehead atoms. The Hall–Kier alpha value is -0.770. The minimum absolute atomic E-state index is 0.176. The van der Waals surface area contributed by atoms with Crippen molar-refractivity contribution in [3.63, 3.8) is 0 Å². The predicted octanol–water partition coefficient (Wildman–Crippen LogP) is 4.54. The zero-order valence-electron chi connectivity index (χ0n) is 10.8. The van der Waals surface area contributed by atoms with Crippen molar-refractivity contribution in [2.45, 2.75) is 32.2 Å². The first-order valence-electron chi connectivity index (χ1n) is 6.50. The summed E-state index contributed by atoms with van der Waals surface area (Å²) < 4.78 is 3.31. The van der Waals surface area contributed by atoms with Crippen LogP contribution in [0.15, 0.2) is 28.7 Å². The van der Waals surface area contributed by atoms with Crippen molar-refractivity contribution in [2.75, 3.05) is 0 Å². The van der Waals surface area contributed by atoms with Crippen molar-refractivity contribution in [1.82, 2.24) is 4.57 Å². The molecule has 1 aromatic heterocycles. The molecule has 1 aromatic carbocycles. The zero-order chi connectivity index (χ0) is 13.6. The number of hydrogen-bond acceptors (Lipinski definition) is 1. The first kappa shape index (κ1) is 13.2. The number of nitrogens with two attached hydrogens (primary N) is 1. The quantitative estimate of drug-likeness (QED) is 0.812. The van der Waals surface area contributed by atoms with Crippen LogP contribution in [0, 0.1) is 6.92 Å². The average Bonchev–Trinajstić information content (AvgIpc) is 2.68. The highest BCUT2D eigenvalue weighted by atomic mass is 79.9. The second kappa shape index (κ2) is 4.97. The molecule has 0 amide bonds. The zero-order valence-corrected chi connectivity index (χ0v) is 13.1. The third-order valence-corrected chi connectivity index (χ3v) is 4.67. The molecule has 0 fully saturated rings. The van der Waals surface area contributed by atoms with E-state index in [9.17, 15) is 0 Å². The Morgan fingerprint density at radius 2 is 2.16 bits per heavy atom. The van der Waals surface area contributed by atoms with E-state index in [-0.39, 0.29) is 6.04 Å². The number of hydrogen-bond donors (Lipinski definition) is 1. The lowest BCUT2D eigenvalue weighted by Gasteiger charge is -2.21. The molecule has 0 saturated heterocycles. The Balaban J connectivity index is 2.20. The van der Waals surface area contributed by atoms with E-state index in [0.717, 1.165) is 34.4 Å².